The number of aromatic nitrogens is 2. The standard InChI is InChI=1S/C15H20N2O/c1-4-9-17-14(7-8-16-17)15(18)13-6-5-11(2)10-12(13)3/h5-8,10,15,18H,4,9H2,1-3H3. The summed E-state index contributed by atoms with van der Waals surface area (Å²) in [5, 5.41) is 14.8. The van der Waals surface area contributed by atoms with E-state index in [0.717, 1.165) is 29.8 Å². The van der Waals surface area contributed by atoms with E-state index in [1.54, 1.807) is 6.20 Å². The van der Waals surface area contributed by atoms with Gasteiger partial charge in [0.15, 0.2) is 0 Å². The van der Waals surface area contributed by atoms with Gasteiger partial charge in [-0.25, -0.2) is 0 Å². The zero-order valence-electron chi connectivity index (χ0n) is 11.2. The highest BCUT2D eigenvalue weighted by molar-refractivity contribution is 5.35. The minimum atomic E-state index is -0.598. The maximum atomic E-state index is 10.5. The lowest BCUT2D eigenvalue weighted by atomic mass is 9.99. The second-order valence-electron chi connectivity index (χ2n) is 4.74. The highest BCUT2D eigenvalue weighted by atomic mass is 16.3. The first-order valence-corrected chi connectivity index (χ1v) is 6.40. The molecule has 0 amide bonds. The number of hydrogen-bond donors (Lipinski definition) is 1. The highest BCUT2D eigenvalue weighted by Crippen LogP contribution is 2.25. The van der Waals surface area contributed by atoms with E-state index in [0.29, 0.717) is 0 Å². The zero-order valence-corrected chi connectivity index (χ0v) is 11.2. The Morgan fingerprint density at radius 2 is 2.06 bits per heavy atom. The van der Waals surface area contributed by atoms with Gasteiger partial charge < -0.3 is 5.11 Å². The van der Waals surface area contributed by atoms with E-state index < -0.39 is 6.10 Å². The van der Waals surface area contributed by atoms with E-state index in [1.807, 2.05) is 29.8 Å². The van der Waals surface area contributed by atoms with E-state index in [4.69, 9.17) is 0 Å². The molecule has 96 valence electrons. The first kappa shape index (κ1) is 12.8. The Kier molecular flexibility index (Phi) is 3.82. The zero-order chi connectivity index (χ0) is 13.1. The average molecular weight is 244 g/mol. The average Bonchev–Trinajstić information content (AvgIpc) is 2.77. The second kappa shape index (κ2) is 5.36. The van der Waals surface area contributed by atoms with Gasteiger partial charge in [-0.3, -0.25) is 4.68 Å². The van der Waals surface area contributed by atoms with Crippen LogP contribution in [0.3, 0.4) is 0 Å². The normalized spacial score (nSPS) is 12.7. The van der Waals surface area contributed by atoms with E-state index in [9.17, 15) is 5.11 Å². The topological polar surface area (TPSA) is 38.0 Å². The van der Waals surface area contributed by atoms with Gasteiger partial charge in [-0.05, 0) is 37.5 Å². The van der Waals surface area contributed by atoms with Crippen molar-refractivity contribution in [2.24, 2.45) is 0 Å². The molecule has 0 aliphatic heterocycles. The summed E-state index contributed by atoms with van der Waals surface area (Å²) in [5.41, 5.74) is 4.15. The molecule has 1 aromatic heterocycles. The van der Waals surface area contributed by atoms with Crippen molar-refractivity contribution in [2.45, 2.75) is 39.8 Å². The smallest absolute Gasteiger partial charge is 0.121 e. The molecule has 1 aromatic carbocycles. The van der Waals surface area contributed by atoms with Crippen LogP contribution in [0.25, 0.3) is 0 Å². The summed E-state index contributed by atoms with van der Waals surface area (Å²) in [4.78, 5) is 0. The van der Waals surface area contributed by atoms with Crippen LogP contribution in [0.5, 0.6) is 0 Å². The van der Waals surface area contributed by atoms with Crippen LogP contribution in [0.15, 0.2) is 30.5 Å². The largest absolute Gasteiger partial charge is 0.382 e. The van der Waals surface area contributed by atoms with Crippen LogP contribution in [-0.2, 0) is 6.54 Å². The molecular formula is C15H20N2O. The molecule has 0 bridgehead atoms. The second-order valence-corrected chi connectivity index (χ2v) is 4.74. The Hall–Kier alpha value is -1.61. The van der Waals surface area contributed by atoms with E-state index in [2.05, 4.69) is 25.0 Å². The maximum absolute atomic E-state index is 10.5. The van der Waals surface area contributed by atoms with Crippen molar-refractivity contribution in [3.8, 4) is 0 Å². The number of aliphatic hydroxyl groups is 1. The Bertz CT molecular complexity index is 531. The van der Waals surface area contributed by atoms with Crippen molar-refractivity contribution >= 4 is 0 Å². The van der Waals surface area contributed by atoms with Gasteiger partial charge >= 0.3 is 0 Å². The molecule has 0 fully saturated rings. The Morgan fingerprint density at radius 3 is 2.72 bits per heavy atom. The highest BCUT2D eigenvalue weighted by Gasteiger charge is 2.16. The van der Waals surface area contributed by atoms with Crippen LogP contribution in [0.4, 0.5) is 0 Å². The fourth-order valence-electron chi connectivity index (χ4n) is 2.27. The summed E-state index contributed by atoms with van der Waals surface area (Å²) in [6.45, 7) is 7.04. The van der Waals surface area contributed by atoms with E-state index in [1.165, 1.54) is 5.56 Å². The minimum absolute atomic E-state index is 0.598. The Morgan fingerprint density at radius 1 is 1.28 bits per heavy atom. The quantitative estimate of drug-likeness (QED) is 0.897. The lowest BCUT2D eigenvalue weighted by Crippen LogP contribution is -2.11. The Labute approximate surface area is 108 Å². The van der Waals surface area contributed by atoms with Crippen LogP contribution in [0.1, 0.15) is 41.8 Å². The summed E-state index contributed by atoms with van der Waals surface area (Å²) < 4.78 is 1.88. The predicted octanol–water partition coefficient (Wildman–Crippen LogP) is 2.99. The first-order chi connectivity index (χ1) is 8.63. The molecule has 1 heterocycles. The molecule has 2 rings (SSSR count). The maximum Gasteiger partial charge on any atom is 0.121 e. The van der Waals surface area contributed by atoms with Crippen LogP contribution in [0, 0.1) is 13.8 Å². The van der Waals surface area contributed by atoms with Crippen molar-refractivity contribution in [3.63, 3.8) is 0 Å². The molecule has 18 heavy (non-hydrogen) atoms. The van der Waals surface area contributed by atoms with Gasteiger partial charge in [0.25, 0.3) is 0 Å². The third-order valence-corrected chi connectivity index (χ3v) is 3.18. The van der Waals surface area contributed by atoms with Gasteiger partial charge in [0, 0.05) is 12.7 Å². The minimum Gasteiger partial charge on any atom is -0.382 e. The number of hydrogen-bond acceptors (Lipinski definition) is 2. The van der Waals surface area contributed by atoms with Gasteiger partial charge in [0.05, 0.1) is 5.69 Å². The van der Waals surface area contributed by atoms with Crippen molar-refractivity contribution < 1.29 is 5.11 Å². The molecule has 0 spiro atoms. The molecule has 1 N–H and O–H groups in total. The molecule has 3 nitrogen and oxygen atoms in total. The van der Waals surface area contributed by atoms with Crippen LogP contribution < -0.4 is 0 Å². The van der Waals surface area contributed by atoms with Crippen LogP contribution in [-0.4, -0.2) is 14.9 Å². The fraction of sp³-hybridized carbons (Fsp3) is 0.400. The summed E-state index contributed by atoms with van der Waals surface area (Å²) in [6.07, 6.45) is 2.16. The number of benzene rings is 1. The van der Waals surface area contributed by atoms with Crippen molar-refractivity contribution in [1.29, 1.82) is 0 Å². The molecule has 0 aliphatic rings. The third kappa shape index (κ3) is 2.46. The number of rotatable bonds is 4. The molecule has 0 saturated heterocycles. The summed E-state index contributed by atoms with van der Waals surface area (Å²) in [7, 11) is 0. The SMILES string of the molecule is CCCn1nccc1C(O)c1ccc(C)cc1C. The molecule has 1 unspecified atom stereocenters. The molecule has 0 aliphatic carbocycles. The predicted molar refractivity (Wildman–Crippen MR) is 72.5 cm³/mol. The lowest BCUT2D eigenvalue weighted by molar-refractivity contribution is 0.206. The molecular weight excluding hydrogens is 224 g/mol. The number of aryl methyl sites for hydroxylation is 3. The molecule has 0 saturated carbocycles. The van der Waals surface area contributed by atoms with Gasteiger partial charge in [-0.1, -0.05) is 30.7 Å². The lowest BCUT2D eigenvalue weighted by Gasteiger charge is -2.16. The van der Waals surface area contributed by atoms with Crippen molar-refractivity contribution in [2.75, 3.05) is 0 Å². The molecule has 0 radical (unpaired) electrons. The van der Waals surface area contributed by atoms with E-state index in [-0.39, 0.29) is 0 Å². The van der Waals surface area contributed by atoms with Crippen LogP contribution >= 0.6 is 0 Å². The molecule has 1 atom stereocenters. The number of aliphatic hydroxyl groups excluding tert-OH is 1. The molecule has 3 heteroatoms. The van der Waals surface area contributed by atoms with Gasteiger partial charge in [-0.15, -0.1) is 0 Å². The van der Waals surface area contributed by atoms with Crippen LogP contribution in [0.2, 0.25) is 0 Å². The summed E-state index contributed by atoms with van der Waals surface area (Å²) >= 11 is 0. The summed E-state index contributed by atoms with van der Waals surface area (Å²) in [6, 6.07) is 8.02. The first-order valence-electron chi connectivity index (χ1n) is 6.40. The fourth-order valence-corrected chi connectivity index (χ4v) is 2.27. The van der Waals surface area contributed by atoms with Gasteiger partial charge in [0.1, 0.15) is 6.10 Å². The van der Waals surface area contributed by atoms with E-state index >= 15 is 0 Å². The summed E-state index contributed by atoms with van der Waals surface area (Å²) in [5.74, 6) is 0. The van der Waals surface area contributed by atoms with Crippen molar-refractivity contribution in [3.05, 3.63) is 52.8 Å². The third-order valence-electron chi connectivity index (χ3n) is 3.18. The monoisotopic (exact) mass is 244 g/mol. The Balaban J connectivity index is 2.35. The van der Waals surface area contributed by atoms with Gasteiger partial charge in [-0.2, -0.15) is 5.10 Å². The number of nitrogens with zero attached hydrogens (tertiary/aromatic N) is 2. The molecule has 2 aromatic rings. The van der Waals surface area contributed by atoms with Crippen molar-refractivity contribution in [1.82, 2.24) is 9.78 Å². The van der Waals surface area contributed by atoms with Gasteiger partial charge in [0.2, 0.25) is 0 Å².